The van der Waals surface area contributed by atoms with E-state index in [1.807, 2.05) is 44.2 Å². The van der Waals surface area contributed by atoms with Crippen molar-refractivity contribution in [3.05, 3.63) is 41.6 Å². The summed E-state index contributed by atoms with van der Waals surface area (Å²) in [6.45, 7) is 2.68. The molecule has 0 unspecified atom stereocenters. The zero-order valence-corrected chi connectivity index (χ0v) is 21.8. The quantitative estimate of drug-likeness (QED) is 0.491. The van der Waals surface area contributed by atoms with Crippen molar-refractivity contribution in [3.8, 4) is 0 Å². The monoisotopic (exact) mass is 492 g/mol. The molecule has 0 saturated heterocycles. The lowest BCUT2D eigenvalue weighted by atomic mass is 9.86. The van der Waals surface area contributed by atoms with Crippen LogP contribution in [0.25, 0.3) is 0 Å². The lowest BCUT2D eigenvalue weighted by Gasteiger charge is -2.29. The second kappa shape index (κ2) is 12.2. The van der Waals surface area contributed by atoms with E-state index in [2.05, 4.69) is 25.9 Å². The van der Waals surface area contributed by atoms with Crippen LogP contribution in [0, 0.1) is 18.8 Å². The van der Waals surface area contributed by atoms with Gasteiger partial charge in [0.15, 0.2) is 0 Å². The molecule has 1 aromatic carbocycles. The van der Waals surface area contributed by atoms with E-state index in [0.717, 1.165) is 62.7 Å². The zero-order valence-electron chi connectivity index (χ0n) is 21.8. The second-order valence-electron chi connectivity index (χ2n) is 10.6. The van der Waals surface area contributed by atoms with Gasteiger partial charge in [0.1, 0.15) is 5.82 Å². The molecule has 0 bridgehead atoms. The summed E-state index contributed by atoms with van der Waals surface area (Å²) >= 11 is 0. The van der Waals surface area contributed by atoms with Crippen molar-refractivity contribution in [2.75, 3.05) is 36.2 Å². The zero-order chi connectivity index (χ0) is 25.5. The topological polar surface area (TPSA) is 99.2 Å². The predicted molar refractivity (Wildman–Crippen MR) is 144 cm³/mol. The number of aromatic nitrogens is 2. The number of hydrogen-bond acceptors (Lipinski definition) is 6. The summed E-state index contributed by atoms with van der Waals surface area (Å²) in [6, 6.07) is 7.61. The van der Waals surface area contributed by atoms with Gasteiger partial charge in [0.2, 0.25) is 11.9 Å². The average Bonchev–Trinajstić information content (AvgIpc) is 2.89. The third kappa shape index (κ3) is 6.95. The van der Waals surface area contributed by atoms with E-state index < -0.39 is 0 Å². The molecular formula is C28H40N6O2. The van der Waals surface area contributed by atoms with E-state index in [1.165, 1.54) is 6.42 Å². The number of aryl methyl sites for hydroxylation is 1. The first-order chi connectivity index (χ1) is 17.4. The summed E-state index contributed by atoms with van der Waals surface area (Å²) in [4.78, 5) is 36.4. The van der Waals surface area contributed by atoms with Crippen LogP contribution in [0.1, 0.15) is 73.7 Å². The number of benzene rings is 1. The lowest BCUT2D eigenvalue weighted by molar-refractivity contribution is -0.120. The highest BCUT2D eigenvalue weighted by Gasteiger charge is 2.23. The summed E-state index contributed by atoms with van der Waals surface area (Å²) in [6.07, 6.45) is 11.4. The van der Waals surface area contributed by atoms with Gasteiger partial charge in [-0.1, -0.05) is 25.3 Å². The highest BCUT2D eigenvalue weighted by atomic mass is 16.2. The Morgan fingerprint density at radius 1 is 1.03 bits per heavy atom. The molecule has 0 atom stereocenters. The second-order valence-corrected chi connectivity index (χ2v) is 10.6. The molecule has 2 saturated carbocycles. The Labute approximate surface area is 214 Å². The molecule has 2 aliphatic carbocycles. The number of anilines is 3. The van der Waals surface area contributed by atoms with Crippen molar-refractivity contribution in [3.63, 3.8) is 0 Å². The normalized spacial score (nSPS) is 20.4. The number of carbonyl (C=O) groups is 2. The first-order valence-electron chi connectivity index (χ1n) is 13.4. The Morgan fingerprint density at radius 2 is 1.78 bits per heavy atom. The summed E-state index contributed by atoms with van der Waals surface area (Å²) < 4.78 is 0. The van der Waals surface area contributed by atoms with Crippen molar-refractivity contribution < 1.29 is 9.59 Å². The van der Waals surface area contributed by atoms with Gasteiger partial charge in [0, 0.05) is 55.6 Å². The molecule has 3 N–H and O–H groups in total. The van der Waals surface area contributed by atoms with E-state index in [9.17, 15) is 9.59 Å². The first kappa shape index (κ1) is 25.9. The number of rotatable bonds is 8. The molecule has 0 aliphatic heterocycles. The largest absolute Gasteiger partial charge is 0.362 e. The van der Waals surface area contributed by atoms with Crippen LogP contribution in [0.3, 0.4) is 0 Å². The van der Waals surface area contributed by atoms with E-state index in [-0.39, 0.29) is 17.7 Å². The summed E-state index contributed by atoms with van der Waals surface area (Å²) in [5.74, 6) is 2.14. The van der Waals surface area contributed by atoms with E-state index in [1.54, 1.807) is 12.1 Å². The SMILES string of the molecule is Cc1cnc(NC2CCC(CNC(=O)c3cccc(NC(=O)C4CCCCC4)c3)CC2)nc1N(C)C. The molecule has 2 aromatic rings. The molecule has 0 spiro atoms. The van der Waals surface area contributed by atoms with Crippen LogP contribution >= 0.6 is 0 Å². The number of hydrogen-bond donors (Lipinski definition) is 3. The first-order valence-corrected chi connectivity index (χ1v) is 13.4. The third-order valence-corrected chi connectivity index (χ3v) is 7.47. The molecule has 194 valence electrons. The van der Waals surface area contributed by atoms with Crippen molar-refractivity contribution in [2.45, 2.75) is 70.8 Å². The molecule has 2 fully saturated rings. The summed E-state index contributed by atoms with van der Waals surface area (Å²) in [5, 5.41) is 9.60. The van der Waals surface area contributed by atoms with Crippen LogP contribution < -0.4 is 20.9 Å². The number of nitrogens with one attached hydrogen (secondary N) is 3. The van der Waals surface area contributed by atoms with Gasteiger partial charge in [-0.2, -0.15) is 4.98 Å². The van der Waals surface area contributed by atoms with Gasteiger partial charge in [-0.15, -0.1) is 0 Å². The van der Waals surface area contributed by atoms with Crippen molar-refractivity contribution in [2.24, 2.45) is 11.8 Å². The van der Waals surface area contributed by atoms with E-state index in [0.29, 0.717) is 35.7 Å². The van der Waals surface area contributed by atoms with Gasteiger partial charge >= 0.3 is 0 Å². The van der Waals surface area contributed by atoms with Gasteiger partial charge < -0.3 is 20.9 Å². The molecule has 1 heterocycles. The van der Waals surface area contributed by atoms with Crippen LogP contribution in [0.4, 0.5) is 17.5 Å². The van der Waals surface area contributed by atoms with Crippen LogP contribution in [0.15, 0.2) is 30.5 Å². The number of amides is 2. The predicted octanol–water partition coefficient (Wildman–Crippen LogP) is 4.77. The standard InChI is InChI=1S/C28H40N6O2/c1-19-17-30-28(33-25(19)34(2)3)32-23-14-12-20(13-15-23)18-29-26(35)22-10-7-11-24(16-22)31-27(36)21-8-5-4-6-9-21/h7,10-11,16-17,20-21,23H,4-6,8-9,12-15,18H2,1-3H3,(H,29,35)(H,31,36)(H,30,32,33). The summed E-state index contributed by atoms with van der Waals surface area (Å²) in [7, 11) is 3.98. The molecule has 2 amide bonds. The van der Waals surface area contributed by atoms with Gasteiger partial charge in [-0.25, -0.2) is 4.98 Å². The van der Waals surface area contributed by atoms with Gasteiger partial charge in [-0.05, 0) is 69.6 Å². The van der Waals surface area contributed by atoms with Crippen molar-refractivity contribution >= 4 is 29.3 Å². The number of nitrogens with zero attached hydrogens (tertiary/aromatic N) is 3. The van der Waals surface area contributed by atoms with Crippen LogP contribution in [-0.2, 0) is 4.79 Å². The Hall–Kier alpha value is -3.16. The highest BCUT2D eigenvalue weighted by Crippen LogP contribution is 2.27. The fourth-order valence-corrected chi connectivity index (χ4v) is 5.34. The lowest BCUT2D eigenvalue weighted by Crippen LogP contribution is -2.34. The minimum Gasteiger partial charge on any atom is -0.362 e. The molecule has 8 nitrogen and oxygen atoms in total. The smallest absolute Gasteiger partial charge is 0.251 e. The highest BCUT2D eigenvalue weighted by molar-refractivity contribution is 5.97. The summed E-state index contributed by atoms with van der Waals surface area (Å²) in [5.41, 5.74) is 2.34. The van der Waals surface area contributed by atoms with Gasteiger partial charge in [0.05, 0.1) is 0 Å². The maximum atomic E-state index is 12.8. The molecular weight excluding hydrogens is 452 g/mol. The number of carbonyl (C=O) groups excluding carboxylic acids is 2. The van der Waals surface area contributed by atoms with Crippen LogP contribution in [0.5, 0.6) is 0 Å². The molecule has 4 rings (SSSR count). The fraction of sp³-hybridized carbons (Fsp3) is 0.571. The van der Waals surface area contributed by atoms with Gasteiger partial charge in [0.25, 0.3) is 5.91 Å². The average molecular weight is 493 g/mol. The van der Waals surface area contributed by atoms with Crippen LogP contribution in [0.2, 0.25) is 0 Å². The van der Waals surface area contributed by atoms with Crippen LogP contribution in [-0.4, -0.2) is 48.5 Å². The Bertz CT molecular complexity index is 1040. The molecule has 36 heavy (non-hydrogen) atoms. The third-order valence-electron chi connectivity index (χ3n) is 7.47. The molecule has 0 radical (unpaired) electrons. The fourth-order valence-electron chi connectivity index (χ4n) is 5.34. The molecule has 2 aliphatic rings. The maximum Gasteiger partial charge on any atom is 0.251 e. The maximum absolute atomic E-state index is 12.8. The molecule has 8 heteroatoms. The van der Waals surface area contributed by atoms with Crippen molar-refractivity contribution in [1.29, 1.82) is 0 Å². The molecule has 1 aromatic heterocycles. The van der Waals surface area contributed by atoms with E-state index >= 15 is 0 Å². The Morgan fingerprint density at radius 3 is 2.50 bits per heavy atom. The van der Waals surface area contributed by atoms with Gasteiger partial charge in [-0.3, -0.25) is 9.59 Å². The minimum absolute atomic E-state index is 0.0756. The van der Waals surface area contributed by atoms with E-state index in [4.69, 9.17) is 0 Å². The minimum atomic E-state index is -0.0896. The van der Waals surface area contributed by atoms with Crippen molar-refractivity contribution in [1.82, 2.24) is 15.3 Å². The Balaban J connectivity index is 1.22. The Kier molecular flexibility index (Phi) is 8.78.